The molecule has 9 heteroatoms. The SMILES string of the molecule is O=C(c1ccc(=O)[nH]n1)N1CCCC(c2nnc(-c3cccs3)o2)C1. The van der Waals surface area contributed by atoms with Crippen LogP contribution in [0.2, 0.25) is 0 Å². The van der Waals surface area contributed by atoms with Gasteiger partial charge in [-0.1, -0.05) is 6.07 Å². The zero-order valence-electron chi connectivity index (χ0n) is 13.2. The summed E-state index contributed by atoms with van der Waals surface area (Å²) in [5, 5.41) is 16.3. The molecule has 1 N–H and O–H groups in total. The Morgan fingerprint density at radius 1 is 1.32 bits per heavy atom. The van der Waals surface area contributed by atoms with E-state index in [0.717, 1.165) is 17.7 Å². The molecule has 4 heterocycles. The fraction of sp³-hybridized carbons (Fsp3) is 0.312. The number of hydrogen-bond donors (Lipinski definition) is 1. The first kappa shape index (κ1) is 15.7. The summed E-state index contributed by atoms with van der Waals surface area (Å²) >= 11 is 1.54. The van der Waals surface area contributed by atoms with Crippen LogP contribution in [0.15, 0.2) is 38.9 Å². The average molecular weight is 357 g/mol. The lowest BCUT2D eigenvalue weighted by Gasteiger charge is -2.30. The molecule has 128 valence electrons. The highest BCUT2D eigenvalue weighted by Gasteiger charge is 2.29. The number of aromatic nitrogens is 4. The smallest absolute Gasteiger partial charge is 0.274 e. The molecule has 0 radical (unpaired) electrons. The lowest BCUT2D eigenvalue weighted by atomic mass is 9.98. The molecule has 3 aromatic heterocycles. The van der Waals surface area contributed by atoms with Crippen molar-refractivity contribution in [2.75, 3.05) is 13.1 Å². The Labute approximate surface area is 146 Å². The summed E-state index contributed by atoms with van der Waals surface area (Å²) in [6, 6.07) is 6.60. The van der Waals surface area contributed by atoms with Crippen molar-refractivity contribution >= 4 is 17.2 Å². The normalized spacial score (nSPS) is 17.6. The average Bonchev–Trinajstić information content (AvgIpc) is 3.33. The number of nitrogens with zero attached hydrogens (tertiary/aromatic N) is 4. The minimum Gasteiger partial charge on any atom is -0.420 e. The van der Waals surface area contributed by atoms with E-state index in [9.17, 15) is 9.59 Å². The van der Waals surface area contributed by atoms with Crippen LogP contribution in [0.5, 0.6) is 0 Å². The van der Waals surface area contributed by atoms with E-state index in [2.05, 4.69) is 20.4 Å². The quantitative estimate of drug-likeness (QED) is 0.767. The number of nitrogens with one attached hydrogen (secondary N) is 1. The van der Waals surface area contributed by atoms with Crippen molar-refractivity contribution in [1.82, 2.24) is 25.3 Å². The molecule has 0 aliphatic carbocycles. The molecular formula is C16H15N5O3S. The fourth-order valence-corrected chi connectivity index (χ4v) is 3.53. The molecule has 0 spiro atoms. The number of carbonyl (C=O) groups is 1. The Morgan fingerprint density at radius 2 is 2.24 bits per heavy atom. The number of H-pyrrole nitrogens is 1. The molecule has 1 atom stereocenters. The van der Waals surface area contributed by atoms with E-state index in [1.54, 1.807) is 16.2 Å². The van der Waals surface area contributed by atoms with Crippen molar-refractivity contribution in [3.63, 3.8) is 0 Å². The third-order valence-electron chi connectivity index (χ3n) is 4.13. The van der Waals surface area contributed by atoms with Crippen molar-refractivity contribution in [3.05, 3.63) is 51.6 Å². The Hall–Kier alpha value is -2.81. The van der Waals surface area contributed by atoms with E-state index in [0.29, 0.717) is 24.9 Å². The predicted molar refractivity (Wildman–Crippen MR) is 90.3 cm³/mol. The zero-order chi connectivity index (χ0) is 17.2. The maximum Gasteiger partial charge on any atom is 0.274 e. The first-order valence-electron chi connectivity index (χ1n) is 7.93. The van der Waals surface area contributed by atoms with Crippen LogP contribution in [0.3, 0.4) is 0 Å². The topological polar surface area (TPSA) is 105 Å². The Kier molecular flexibility index (Phi) is 4.14. The van der Waals surface area contributed by atoms with E-state index < -0.39 is 0 Å². The van der Waals surface area contributed by atoms with Gasteiger partial charge in [-0.05, 0) is 30.4 Å². The Balaban J connectivity index is 1.50. The van der Waals surface area contributed by atoms with Gasteiger partial charge in [0.1, 0.15) is 5.69 Å². The van der Waals surface area contributed by atoms with Gasteiger partial charge < -0.3 is 9.32 Å². The van der Waals surface area contributed by atoms with E-state index >= 15 is 0 Å². The monoisotopic (exact) mass is 357 g/mol. The summed E-state index contributed by atoms with van der Waals surface area (Å²) in [5.74, 6) is 0.853. The minimum atomic E-state index is -0.333. The third kappa shape index (κ3) is 3.22. The van der Waals surface area contributed by atoms with Crippen molar-refractivity contribution in [2.24, 2.45) is 0 Å². The van der Waals surface area contributed by atoms with Gasteiger partial charge in [0.25, 0.3) is 17.4 Å². The van der Waals surface area contributed by atoms with E-state index in [1.165, 1.54) is 12.1 Å². The van der Waals surface area contributed by atoms with Crippen molar-refractivity contribution in [2.45, 2.75) is 18.8 Å². The van der Waals surface area contributed by atoms with Crippen LogP contribution in [0, 0.1) is 0 Å². The first-order chi connectivity index (χ1) is 12.2. The third-order valence-corrected chi connectivity index (χ3v) is 4.99. The molecule has 0 aromatic carbocycles. The van der Waals surface area contributed by atoms with Crippen molar-refractivity contribution < 1.29 is 9.21 Å². The van der Waals surface area contributed by atoms with Crippen LogP contribution in [-0.2, 0) is 0 Å². The van der Waals surface area contributed by atoms with Gasteiger partial charge in [0.15, 0.2) is 0 Å². The molecule has 8 nitrogen and oxygen atoms in total. The van der Waals surface area contributed by atoms with Gasteiger partial charge in [0, 0.05) is 19.2 Å². The Morgan fingerprint density at radius 3 is 3.00 bits per heavy atom. The molecule has 0 bridgehead atoms. The summed E-state index contributed by atoms with van der Waals surface area (Å²) in [6.45, 7) is 1.13. The minimum absolute atomic E-state index is 0.00155. The number of aromatic amines is 1. The molecule has 1 aliphatic heterocycles. The zero-order valence-corrected chi connectivity index (χ0v) is 14.0. The van der Waals surface area contributed by atoms with Crippen LogP contribution in [0.25, 0.3) is 10.8 Å². The summed E-state index contributed by atoms with van der Waals surface area (Å²) in [6.07, 6.45) is 1.73. The highest BCUT2D eigenvalue weighted by Crippen LogP contribution is 2.30. The fourth-order valence-electron chi connectivity index (χ4n) is 2.89. The number of hydrogen-bond acceptors (Lipinski definition) is 7. The molecule has 4 rings (SSSR count). The van der Waals surface area contributed by atoms with E-state index in [-0.39, 0.29) is 23.1 Å². The summed E-state index contributed by atoms with van der Waals surface area (Å²) in [7, 11) is 0. The number of carbonyl (C=O) groups excluding carboxylic acids is 1. The maximum absolute atomic E-state index is 12.6. The molecule has 1 aliphatic rings. The van der Waals surface area contributed by atoms with Gasteiger partial charge in [-0.2, -0.15) is 5.10 Å². The molecule has 0 saturated carbocycles. The molecule has 3 aromatic rings. The number of piperidine rings is 1. The van der Waals surface area contributed by atoms with Gasteiger partial charge in [-0.25, -0.2) is 5.10 Å². The summed E-state index contributed by atoms with van der Waals surface area (Å²) in [4.78, 5) is 26.3. The number of amides is 1. The lowest BCUT2D eigenvalue weighted by molar-refractivity contribution is 0.0691. The van der Waals surface area contributed by atoms with Gasteiger partial charge >= 0.3 is 0 Å². The molecular weight excluding hydrogens is 342 g/mol. The van der Waals surface area contributed by atoms with Crippen LogP contribution in [-0.4, -0.2) is 44.3 Å². The van der Waals surface area contributed by atoms with Crippen molar-refractivity contribution in [1.29, 1.82) is 0 Å². The van der Waals surface area contributed by atoms with Crippen molar-refractivity contribution in [3.8, 4) is 10.8 Å². The Bertz CT molecular complexity index is 913. The second kappa shape index (κ2) is 6.60. The highest BCUT2D eigenvalue weighted by atomic mass is 32.1. The standard InChI is InChI=1S/C16H15N5O3S/c22-13-6-5-11(17-18-13)16(23)21-7-1-3-10(9-21)14-19-20-15(24-14)12-4-2-8-25-12/h2,4-6,8,10H,1,3,7,9H2,(H,18,22). The summed E-state index contributed by atoms with van der Waals surface area (Å²) in [5.41, 5.74) is -0.106. The summed E-state index contributed by atoms with van der Waals surface area (Å²) < 4.78 is 5.80. The van der Waals surface area contributed by atoms with Gasteiger partial charge in [-0.15, -0.1) is 21.5 Å². The highest BCUT2D eigenvalue weighted by molar-refractivity contribution is 7.13. The van der Waals surface area contributed by atoms with Crippen LogP contribution < -0.4 is 5.56 Å². The molecule has 1 amide bonds. The number of thiophene rings is 1. The molecule has 25 heavy (non-hydrogen) atoms. The van der Waals surface area contributed by atoms with Crippen LogP contribution >= 0.6 is 11.3 Å². The van der Waals surface area contributed by atoms with Gasteiger partial charge in [0.05, 0.1) is 10.8 Å². The van der Waals surface area contributed by atoms with Gasteiger partial charge in [-0.3, -0.25) is 9.59 Å². The maximum atomic E-state index is 12.6. The van der Waals surface area contributed by atoms with Gasteiger partial charge in [0.2, 0.25) is 5.89 Å². The lowest BCUT2D eigenvalue weighted by Crippen LogP contribution is -2.39. The van der Waals surface area contributed by atoms with E-state index in [1.807, 2.05) is 17.5 Å². The van der Waals surface area contributed by atoms with Crippen LogP contribution in [0.1, 0.15) is 35.1 Å². The second-order valence-corrected chi connectivity index (χ2v) is 6.77. The molecule has 1 fully saturated rings. The predicted octanol–water partition coefficient (Wildman–Crippen LogP) is 1.90. The van der Waals surface area contributed by atoms with E-state index in [4.69, 9.17) is 4.42 Å². The number of rotatable bonds is 3. The molecule has 1 unspecified atom stereocenters. The first-order valence-corrected chi connectivity index (χ1v) is 8.81. The van der Waals surface area contributed by atoms with Crippen LogP contribution in [0.4, 0.5) is 0 Å². The number of likely N-dealkylation sites (tertiary alicyclic amines) is 1. The second-order valence-electron chi connectivity index (χ2n) is 5.82. The molecule has 1 saturated heterocycles. The largest absolute Gasteiger partial charge is 0.420 e.